The van der Waals surface area contributed by atoms with Crippen LogP contribution in [0.1, 0.15) is 213 Å². The number of unbranched alkanes of at least 4 members (excludes halogenated alkanes) is 20. The summed E-state index contributed by atoms with van der Waals surface area (Å²) in [7, 11) is 0. The summed E-state index contributed by atoms with van der Waals surface area (Å²) in [6.45, 7) is 4.52. The lowest BCUT2D eigenvalue weighted by Gasteiger charge is -2.18. The third kappa shape index (κ3) is 38.3. The number of carbonyl (C=O) groups excluding carboxylic acids is 1. The first-order chi connectivity index (χ1) is 23.6. The Labute approximate surface area is 298 Å². The largest absolute Gasteiger partial charge is 0.481 e. The maximum atomic E-state index is 12.7. The summed E-state index contributed by atoms with van der Waals surface area (Å²) in [5, 5.41) is 8.79. The zero-order valence-electron chi connectivity index (χ0n) is 31.8. The van der Waals surface area contributed by atoms with Crippen LogP contribution in [-0.4, -0.2) is 23.1 Å². The maximum Gasteiger partial charge on any atom is 0.306 e. The molecule has 0 aromatic rings. The molecule has 0 bridgehead atoms. The number of carboxylic acids is 1. The highest BCUT2D eigenvalue weighted by atomic mass is 16.5. The number of rotatable bonds is 37. The van der Waals surface area contributed by atoms with Crippen LogP contribution in [0.2, 0.25) is 0 Å². The van der Waals surface area contributed by atoms with Gasteiger partial charge in [-0.3, -0.25) is 9.59 Å². The van der Waals surface area contributed by atoms with Crippen LogP contribution in [0.4, 0.5) is 0 Å². The maximum absolute atomic E-state index is 12.7. The lowest BCUT2D eigenvalue weighted by Crippen LogP contribution is -2.18. The van der Waals surface area contributed by atoms with E-state index in [4.69, 9.17) is 9.84 Å². The average molecular weight is 671 g/mol. The second-order valence-corrected chi connectivity index (χ2v) is 13.8. The van der Waals surface area contributed by atoms with Gasteiger partial charge >= 0.3 is 11.9 Å². The molecular weight excluding hydrogens is 592 g/mol. The number of carbonyl (C=O) groups is 2. The minimum atomic E-state index is -0.696. The fourth-order valence-corrected chi connectivity index (χ4v) is 5.99. The van der Waals surface area contributed by atoms with Crippen LogP contribution in [-0.2, 0) is 14.3 Å². The van der Waals surface area contributed by atoms with Gasteiger partial charge in [0.2, 0.25) is 0 Å². The first kappa shape index (κ1) is 45.9. The standard InChI is InChI=1S/C44H78O4/c1-3-5-7-9-11-13-15-16-17-18-19-20-21-22-23-25-27-33-37-41-44(47)48-42(39-35-31-28-29-32-36-40-43(45)46)38-34-30-26-24-14-12-10-8-6-4-2/h11,13,16-17,19-20,22-23,42H,3-10,12,14-15,18,21,24-41H2,1-2H3,(H,45,46)/b13-11-,17-16-,20-19-,23-22-. The van der Waals surface area contributed by atoms with Gasteiger partial charge in [0.05, 0.1) is 0 Å². The van der Waals surface area contributed by atoms with Crippen molar-refractivity contribution in [2.24, 2.45) is 0 Å². The Hall–Kier alpha value is -2.10. The molecule has 0 aliphatic heterocycles. The molecule has 0 spiro atoms. The monoisotopic (exact) mass is 671 g/mol. The molecule has 0 saturated heterocycles. The zero-order chi connectivity index (χ0) is 35.0. The molecule has 1 atom stereocenters. The lowest BCUT2D eigenvalue weighted by molar-refractivity contribution is -0.150. The summed E-state index contributed by atoms with van der Waals surface area (Å²) in [4.78, 5) is 23.4. The van der Waals surface area contributed by atoms with Crippen molar-refractivity contribution < 1.29 is 19.4 Å². The highest BCUT2D eigenvalue weighted by molar-refractivity contribution is 5.69. The molecule has 1 unspecified atom stereocenters. The SMILES string of the molecule is CCCCC/C=C\C/C=C\C/C=C\C/C=C\CCCCCC(=O)OC(CCCCCCCCCCCC)CCCCCCCCC(=O)O. The molecule has 0 aromatic heterocycles. The van der Waals surface area contributed by atoms with Gasteiger partial charge in [0, 0.05) is 12.8 Å². The summed E-state index contributed by atoms with van der Waals surface area (Å²) < 4.78 is 6.01. The molecule has 0 radical (unpaired) electrons. The van der Waals surface area contributed by atoms with E-state index in [0.717, 1.165) is 103 Å². The van der Waals surface area contributed by atoms with E-state index in [9.17, 15) is 9.59 Å². The third-order valence-electron chi connectivity index (χ3n) is 9.05. The molecule has 1 N–H and O–H groups in total. The third-order valence-corrected chi connectivity index (χ3v) is 9.05. The molecule has 0 aromatic carbocycles. The van der Waals surface area contributed by atoms with Crippen molar-refractivity contribution in [1.29, 1.82) is 0 Å². The molecule has 0 amide bonds. The summed E-state index contributed by atoms with van der Waals surface area (Å²) in [5.74, 6) is -0.711. The Kier molecular flexibility index (Phi) is 37.6. The van der Waals surface area contributed by atoms with Crippen LogP contribution < -0.4 is 0 Å². The minimum absolute atomic E-state index is 0.0153. The number of allylic oxidation sites excluding steroid dienone is 8. The predicted molar refractivity (Wildman–Crippen MR) is 209 cm³/mol. The second kappa shape index (κ2) is 39.3. The number of hydrogen-bond acceptors (Lipinski definition) is 3. The van der Waals surface area contributed by atoms with Gasteiger partial charge in [0.15, 0.2) is 0 Å². The van der Waals surface area contributed by atoms with Crippen LogP contribution in [0, 0.1) is 0 Å². The van der Waals surface area contributed by atoms with E-state index in [1.807, 2.05) is 0 Å². The normalized spacial score (nSPS) is 12.7. The van der Waals surface area contributed by atoms with Crippen LogP contribution in [0.25, 0.3) is 0 Å². The zero-order valence-corrected chi connectivity index (χ0v) is 31.8. The van der Waals surface area contributed by atoms with Crippen molar-refractivity contribution in [1.82, 2.24) is 0 Å². The molecule has 0 aliphatic carbocycles. The molecule has 278 valence electrons. The van der Waals surface area contributed by atoms with Gasteiger partial charge in [0.1, 0.15) is 6.10 Å². The lowest BCUT2D eigenvalue weighted by atomic mass is 10.0. The fraction of sp³-hybridized carbons (Fsp3) is 0.773. The molecule has 0 heterocycles. The Bertz CT molecular complexity index is 809. The van der Waals surface area contributed by atoms with Gasteiger partial charge in [-0.15, -0.1) is 0 Å². The topological polar surface area (TPSA) is 63.6 Å². The van der Waals surface area contributed by atoms with Crippen molar-refractivity contribution in [2.45, 2.75) is 219 Å². The fourth-order valence-electron chi connectivity index (χ4n) is 5.99. The highest BCUT2D eigenvalue weighted by Crippen LogP contribution is 2.19. The van der Waals surface area contributed by atoms with Crippen LogP contribution >= 0.6 is 0 Å². The predicted octanol–water partition coefficient (Wildman–Crippen LogP) is 14.3. The van der Waals surface area contributed by atoms with Gasteiger partial charge < -0.3 is 9.84 Å². The summed E-state index contributed by atoms with van der Waals surface area (Å²) in [5.41, 5.74) is 0. The van der Waals surface area contributed by atoms with Gasteiger partial charge in [-0.05, 0) is 83.5 Å². The van der Waals surface area contributed by atoms with Crippen molar-refractivity contribution in [3.05, 3.63) is 48.6 Å². The summed E-state index contributed by atoms with van der Waals surface area (Å²) >= 11 is 0. The number of esters is 1. The van der Waals surface area contributed by atoms with Crippen molar-refractivity contribution >= 4 is 11.9 Å². The van der Waals surface area contributed by atoms with Gasteiger partial charge in [0.25, 0.3) is 0 Å². The minimum Gasteiger partial charge on any atom is -0.481 e. The van der Waals surface area contributed by atoms with Crippen LogP contribution in [0.5, 0.6) is 0 Å². The molecule has 0 aliphatic rings. The van der Waals surface area contributed by atoms with E-state index >= 15 is 0 Å². The van der Waals surface area contributed by atoms with E-state index in [-0.39, 0.29) is 18.5 Å². The number of aliphatic carboxylic acids is 1. The molecular formula is C44H78O4. The van der Waals surface area contributed by atoms with Crippen molar-refractivity contribution in [3.63, 3.8) is 0 Å². The summed E-state index contributed by atoms with van der Waals surface area (Å²) in [6.07, 6.45) is 52.7. The van der Waals surface area contributed by atoms with Gasteiger partial charge in [-0.25, -0.2) is 0 Å². The van der Waals surface area contributed by atoms with E-state index < -0.39 is 5.97 Å². The number of ether oxygens (including phenoxy) is 1. The smallest absolute Gasteiger partial charge is 0.306 e. The first-order valence-electron chi connectivity index (χ1n) is 20.6. The highest BCUT2D eigenvalue weighted by Gasteiger charge is 2.14. The van der Waals surface area contributed by atoms with E-state index in [2.05, 4.69) is 62.5 Å². The molecule has 48 heavy (non-hydrogen) atoms. The van der Waals surface area contributed by atoms with Gasteiger partial charge in [-0.2, -0.15) is 0 Å². The second-order valence-electron chi connectivity index (χ2n) is 13.8. The van der Waals surface area contributed by atoms with E-state index in [1.165, 1.54) is 83.5 Å². The molecule has 0 rings (SSSR count). The van der Waals surface area contributed by atoms with E-state index in [0.29, 0.717) is 6.42 Å². The van der Waals surface area contributed by atoms with Crippen molar-refractivity contribution in [2.75, 3.05) is 0 Å². The molecule has 4 heteroatoms. The number of carboxylic acid groups (broad SMARTS) is 1. The van der Waals surface area contributed by atoms with Crippen LogP contribution in [0.3, 0.4) is 0 Å². The first-order valence-corrected chi connectivity index (χ1v) is 20.6. The Morgan fingerprint density at radius 3 is 1.29 bits per heavy atom. The van der Waals surface area contributed by atoms with Crippen molar-refractivity contribution in [3.8, 4) is 0 Å². The Morgan fingerprint density at radius 2 is 0.812 bits per heavy atom. The van der Waals surface area contributed by atoms with Gasteiger partial charge in [-0.1, -0.05) is 165 Å². The number of hydrogen-bond donors (Lipinski definition) is 1. The Morgan fingerprint density at radius 1 is 0.458 bits per heavy atom. The average Bonchev–Trinajstić information content (AvgIpc) is 3.07. The van der Waals surface area contributed by atoms with Crippen LogP contribution in [0.15, 0.2) is 48.6 Å². The molecule has 0 saturated carbocycles. The Balaban J connectivity index is 4.09. The summed E-state index contributed by atoms with van der Waals surface area (Å²) in [6, 6.07) is 0. The molecule has 4 nitrogen and oxygen atoms in total. The molecule has 0 fully saturated rings. The quantitative estimate of drug-likeness (QED) is 0.0406. The van der Waals surface area contributed by atoms with E-state index in [1.54, 1.807) is 0 Å².